The molecule has 4 nitrogen and oxygen atoms in total. The maximum atomic E-state index is 10.7. The van der Waals surface area contributed by atoms with Crippen molar-refractivity contribution in [1.82, 2.24) is 4.90 Å². The largest absolute Gasteiger partial charge is 0.487 e. The average molecular weight is 402 g/mol. The van der Waals surface area contributed by atoms with E-state index in [9.17, 15) is 10.2 Å². The number of piperidine rings is 1. The Balaban J connectivity index is 1.41. The molecule has 4 rings (SSSR count). The second-order valence-corrected chi connectivity index (χ2v) is 8.78. The van der Waals surface area contributed by atoms with Crippen molar-refractivity contribution in [3.05, 3.63) is 63.7 Å². The molecular weight excluding hydrogens is 374 g/mol. The number of hydrogen-bond donors (Lipinski definition) is 2. The minimum atomic E-state index is -0.532. The zero-order chi connectivity index (χ0) is 19.9. The van der Waals surface area contributed by atoms with Crippen molar-refractivity contribution in [3.8, 4) is 5.75 Å². The number of benzene rings is 2. The van der Waals surface area contributed by atoms with E-state index in [0.29, 0.717) is 18.0 Å². The Morgan fingerprint density at radius 1 is 1.14 bits per heavy atom. The van der Waals surface area contributed by atoms with E-state index in [1.54, 1.807) is 0 Å². The third-order valence-electron chi connectivity index (χ3n) is 6.33. The Labute approximate surface area is 171 Å². The van der Waals surface area contributed by atoms with Gasteiger partial charge in [0.1, 0.15) is 11.4 Å². The van der Waals surface area contributed by atoms with Crippen LogP contribution in [-0.2, 0) is 0 Å². The second-order valence-electron chi connectivity index (χ2n) is 8.35. The third kappa shape index (κ3) is 3.92. The molecule has 0 unspecified atom stereocenters. The molecule has 0 aliphatic carbocycles. The standard InChI is InChI=1S/C23H28ClNO3/c1-15-11-19-20(26)13-23(28-22(19)12-16(15)2)7-9-25(10-8-23)14-21(27)17-3-5-18(24)6-4-17/h3-6,11-12,20-21,26-27H,7-10,13-14H2,1-2H3/t20-,21-/m0/s1. The van der Waals surface area contributed by atoms with Crippen LogP contribution in [0.15, 0.2) is 36.4 Å². The Morgan fingerprint density at radius 2 is 1.79 bits per heavy atom. The number of hydrogen-bond acceptors (Lipinski definition) is 4. The quantitative estimate of drug-likeness (QED) is 0.803. The van der Waals surface area contributed by atoms with Crippen molar-refractivity contribution in [2.24, 2.45) is 0 Å². The zero-order valence-electron chi connectivity index (χ0n) is 16.5. The number of aryl methyl sites for hydroxylation is 2. The van der Waals surface area contributed by atoms with Crippen molar-refractivity contribution in [2.45, 2.75) is 50.9 Å². The Bertz CT molecular complexity index is 844. The van der Waals surface area contributed by atoms with Crippen LogP contribution in [0.25, 0.3) is 0 Å². The summed E-state index contributed by atoms with van der Waals surface area (Å²) in [5, 5.41) is 21.9. The van der Waals surface area contributed by atoms with Gasteiger partial charge in [0, 0.05) is 36.6 Å². The van der Waals surface area contributed by atoms with Crippen LogP contribution in [0, 0.1) is 13.8 Å². The summed E-state index contributed by atoms with van der Waals surface area (Å²) in [7, 11) is 0. The Hall–Kier alpha value is -1.59. The van der Waals surface area contributed by atoms with Crippen LogP contribution in [0.4, 0.5) is 0 Å². The van der Waals surface area contributed by atoms with Crippen LogP contribution in [0.5, 0.6) is 5.75 Å². The minimum Gasteiger partial charge on any atom is -0.487 e. The van der Waals surface area contributed by atoms with Crippen molar-refractivity contribution < 1.29 is 14.9 Å². The van der Waals surface area contributed by atoms with Crippen molar-refractivity contribution in [2.75, 3.05) is 19.6 Å². The first-order valence-electron chi connectivity index (χ1n) is 9.99. The van der Waals surface area contributed by atoms with Crippen LogP contribution in [0.1, 0.15) is 53.7 Å². The summed E-state index contributed by atoms with van der Waals surface area (Å²) < 4.78 is 6.45. The first-order chi connectivity index (χ1) is 13.3. The van der Waals surface area contributed by atoms with Gasteiger partial charge in [0.2, 0.25) is 0 Å². The maximum absolute atomic E-state index is 10.7. The summed E-state index contributed by atoms with van der Waals surface area (Å²) in [6, 6.07) is 11.5. The van der Waals surface area contributed by atoms with Crippen LogP contribution >= 0.6 is 11.6 Å². The fourth-order valence-electron chi connectivity index (χ4n) is 4.38. The normalized spacial score (nSPS) is 22.5. The molecule has 2 aromatic rings. The zero-order valence-corrected chi connectivity index (χ0v) is 17.2. The number of fused-ring (bicyclic) bond motifs is 1. The Kier molecular flexibility index (Phi) is 5.41. The highest BCUT2D eigenvalue weighted by molar-refractivity contribution is 6.30. The van der Waals surface area contributed by atoms with Crippen molar-refractivity contribution in [3.63, 3.8) is 0 Å². The van der Waals surface area contributed by atoms with E-state index in [1.165, 1.54) is 11.1 Å². The van der Waals surface area contributed by atoms with E-state index >= 15 is 0 Å². The van der Waals surface area contributed by atoms with Crippen molar-refractivity contribution in [1.29, 1.82) is 0 Å². The first kappa shape index (κ1) is 19.7. The van der Waals surface area contributed by atoms with Crippen LogP contribution < -0.4 is 4.74 Å². The summed E-state index contributed by atoms with van der Waals surface area (Å²) in [5.74, 6) is 0.830. The monoisotopic (exact) mass is 401 g/mol. The summed E-state index contributed by atoms with van der Waals surface area (Å²) in [4.78, 5) is 2.27. The van der Waals surface area contributed by atoms with E-state index < -0.39 is 12.2 Å². The molecular formula is C23H28ClNO3. The predicted octanol–water partition coefficient (Wildman–Crippen LogP) is 4.34. The summed E-state index contributed by atoms with van der Waals surface area (Å²) in [6.45, 7) is 6.43. The van der Waals surface area contributed by atoms with Gasteiger partial charge in [-0.3, -0.25) is 0 Å². The molecule has 1 spiro atoms. The lowest BCUT2D eigenvalue weighted by Crippen LogP contribution is -2.51. The lowest BCUT2D eigenvalue weighted by molar-refractivity contribution is -0.0588. The number of β-amino-alcohol motifs (C(OH)–C–C–N with tert-alkyl or cyclic N) is 1. The molecule has 2 atom stereocenters. The minimum absolute atomic E-state index is 0.310. The number of nitrogens with zero attached hydrogens (tertiary/aromatic N) is 1. The summed E-state index contributed by atoms with van der Waals surface area (Å²) >= 11 is 5.93. The van der Waals surface area contributed by atoms with Gasteiger partial charge < -0.3 is 19.8 Å². The SMILES string of the molecule is Cc1cc2c(cc1C)[C@@H](O)CC1(CCN(C[C@H](O)c3ccc(Cl)cc3)CC1)O2. The van der Waals surface area contributed by atoms with E-state index in [-0.39, 0.29) is 5.60 Å². The number of likely N-dealkylation sites (tertiary alicyclic amines) is 1. The molecule has 2 heterocycles. The van der Waals surface area contributed by atoms with E-state index in [4.69, 9.17) is 16.3 Å². The average Bonchev–Trinajstić information content (AvgIpc) is 2.66. The van der Waals surface area contributed by atoms with Gasteiger partial charge in [-0.25, -0.2) is 0 Å². The van der Waals surface area contributed by atoms with Gasteiger partial charge in [-0.15, -0.1) is 0 Å². The number of ether oxygens (including phenoxy) is 1. The van der Waals surface area contributed by atoms with Gasteiger partial charge in [-0.1, -0.05) is 23.7 Å². The second kappa shape index (κ2) is 7.68. The molecule has 2 aromatic carbocycles. The molecule has 0 saturated carbocycles. The highest BCUT2D eigenvalue weighted by atomic mass is 35.5. The molecule has 28 heavy (non-hydrogen) atoms. The van der Waals surface area contributed by atoms with Gasteiger partial charge in [-0.05, 0) is 67.6 Å². The van der Waals surface area contributed by atoms with Gasteiger partial charge in [0.25, 0.3) is 0 Å². The van der Waals surface area contributed by atoms with E-state index in [2.05, 4.69) is 30.9 Å². The van der Waals surface area contributed by atoms with E-state index in [0.717, 1.165) is 42.8 Å². The van der Waals surface area contributed by atoms with Crippen LogP contribution in [0.3, 0.4) is 0 Å². The number of aliphatic hydroxyl groups excluding tert-OH is 2. The van der Waals surface area contributed by atoms with Gasteiger partial charge in [0.15, 0.2) is 0 Å². The highest BCUT2D eigenvalue weighted by Gasteiger charge is 2.43. The maximum Gasteiger partial charge on any atom is 0.126 e. The molecule has 150 valence electrons. The van der Waals surface area contributed by atoms with Gasteiger partial charge >= 0.3 is 0 Å². The smallest absolute Gasteiger partial charge is 0.126 e. The molecule has 0 aromatic heterocycles. The summed E-state index contributed by atoms with van der Waals surface area (Å²) in [5.41, 5.74) is 3.86. The lowest BCUT2D eigenvalue weighted by atomic mass is 9.81. The van der Waals surface area contributed by atoms with Gasteiger partial charge in [0.05, 0.1) is 12.2 Å². The van der Waals surface area contributed by atoms with Crippen LogP contribution in [-0.4, -0.2) is 40.3 Å². The topological polar surface area (TPSA) is 52.9 Å². The molecule has 1 saturated heterocycles. The molecule has 0 bridgehead atoms. The number of halogens is 1. The molecule has 2 aliphatic heterocycles. The fraction of sp³-hybridized carbons (Fsp3) is 0.478. The first-order valence-corrected chi connectivity index (χ1v) is 10.4. The molecule has 2 N–H and O–H groups in total. The molecule has 5 heteroatoms. The molecule has 2 aliphatic rings. The van der Waals surface area contributed by atoms with Crippen LogP contribution in [0.2, 0.25) is 5.02 Å². The third-order valence-corrected chi connectivity index (χ3v) is 6.58. The predicted molar refractivity (Wildman–Crippen MR) is 111 cm³/mol. The summed E-state index contributed by atoms with van der Waals surface area (Å²) in [6.07, 6.45) is 1.33. The highest BCUT2D eigenvalue weighted by Crippen LogP contribution is 2.45. The molecule has 0 amide bonds. The number of aliphatic hydroxyl groups is 2. The number of rotatable bonds is 3. The molecule has 1 fully saturated rings. The Morgan fingerprint density at radius 3 is 2.46 bits per heavy atom. The van der Waals surface area contributed by atoms with Crippen molar-refractivity contribution >= 4 is 11.6 Å². The van der Waals surface area contributed by atoms with Gasteiger partial charge in [-0.2, -0.15) is 0 Å². The van der Waals surface area contributed by atoms with E-state index in [1.807, 2.05) is 24.3 Å². The fourth-order valence-corrected chi connectivity index (χ4v) is 4.51. The lowest BCUT2D eigenvalue weighted by Gasteiger charge is -2.46. The molecule has 0 radical (unpaired) electrons.